The van der Waals surface area contributed by atoms with Crippen LogP contribution < -0.4 is 0 Å². The van der Waals surface area contributed by atoms with Gasteiger partial charge in [-0.3, -0.25) is 4.79 Å². The summed E-state index contributed by atoms with van der Waals surface area (Å²) in [4.78, 5) is 14.3. The van der Waals surface area contributed by atoms with E-state index in [4.69, 9.17) is 10.3 Å². The van der Waals surface area contributed by atoms with Crippen molar-refractivity contribution >= 4 is 5.97 Å². The van der Waals surface area contributed by atoms with Crippen molar-refractivity contribution in [3.8, 4) is 0 Å². The molecule has 1 unspecified atom stereocenters. The Bertz CT molecular complexity index is 589. The number of ether oxygens (including phenoxy) is 1. The number of halogens is 1. The summed E-state index contributed by atoms with van der Waals surface area (Å²) in [7, 11) is 0. The summed E-state index contributed by atoms with van der Waals surface area (Å²) < 4.78 is 18.9. The molecule has 0 bridgehead atoms. The van der Waals surface area contributed by atoms with Gasteiger partial charge in [-0.25, -0.2) is 4.39 Å². The van der Waals surface area contributed by atoms with E-state index in [1.807, 2.05) is 13.8 Å². The topological polar surface area (TPSA) is 95.3 Å². The third kappa shape index (κ3) is 4.21. The molecule has 1 aromatic rings. The van der Waals surface area contributed by atoms with Gasteiger partial charge in [-0.05, 0) is 55.8 Å². The molecule has 0 amide bonds. The highest BCUT2D eigenvalue weighted by Gasteiger charge is 2.38. The Hall–Kier alpha value is -2.11. The normalized spacial score (nSPS) is 26.8. The third-order valence-electron chi connectivity index (χ3n) is 4.27. The maximum Gasteiger partial charge on any atom is 0.313 e. The van der Waals surface area contributed by atoms with Gasteiger partial charge in [0.2, 0.25) is 0 Å². The molecule has 124 valence electrons. The van der Waals surface area contributed by atoms with E-state index in [-0.39, 0.29) is 18.1 Å². The van der Waals surface area contributed by atoms with Crippen molar-refractivity contribution in [2.24, 2.45) is 11.0 Å². The molecule has 0 spiro atoms. The number of carboxylic acid groups (broad SMARTS) is 1. The molecule has 1 saturated heterocycles. The molecule has 1 heterocycles. The van der Waals surface area contributed by atoms with Gasteiger partial charge >= 0.3 is 5.97 Å². The maximum atomic E-state index is 13.2. The fourth-order valence-electron chi connectivity index (χ4n) is 3.48. The van der Waals surface area contributed by atoms with Gasteiger partial charge in [-0.15, -0.1) is 0 Å². The molecule has 1 aromatic carbocycles. The van der Waals surface area contributed by atoms with Crippen molar-refractivity contribution in [3.63, 3.8) is 0 Å². The number of hydrogen-bond donors (Lipinski definition) is 1. The second-order valence-electron chi connectivity index (χ2n) is 6.05. The van der Waals surface area contributed by atoms with Crippen LogP contribution in [0.4, 0.5) is 4.39 Å². The van der Waals surface area contributed by atoms with E-state index >= 15 is 0 Å². The molecule has 0 aliphatic carbocycles. The molecule has 0 aromatic heterocycles. The molecule has 2 rings (SSSR count). The predicted octanol–water partition coefficient (Wildman–Crippen LogP) is 3.88. The van der Waals surface area contributed by atoms with Crippen molar-refractivity contribution < 1.29 is 19.0 Å². The Morgan fingerprint density at radius 1 is 1.35 bits per heavy atom. The highest BCUT2D eigenvalue weighted by molar-refractivity contribution is 5.75. The molecule has 1 aliphatic rings. The predicted molar refractivity (Wildman–Crippen MR) is 82.4 cm³/mol. The van der Waals surface area contributed by atoms with E-state index in [1.54, 1.807) is 12.1 Å². The minimum Gasteiger partial charge on any atom is -0.481 e. The van der Waals surface area contributed by atoms with E-state index in [2.05, 4.69) is 10.0 Å². The van der Waals surface area contributed by atoms with Crippen LogP contribution in [-0.4, -0.2) is 29.3 Å². The number of hydrogen-bond acceptors (Lipinski definition) is 3. The van der Waals surface area contributed by atoms with Crippen molar-refractivity contribution in [2.45, 2.75) is 50.9 Å². The van der Waals surface area contributed by atoms with Gasteiger partial charge in [-0.1, -0.05) is 17.2 Å². The first-order chi connectivity index (χ1) is 10.9. The van der Waals surface area contributed by atoms with Crippen LogP contribution in [0, 0.1) is 11.7 Å². The highest BCUT2D eigenvalue weighted by Crippen LogP contribution is 2.39. The third-order valence-corrected chi connectivity index (χ3v) is 4.27. The molecular weight excluding hydrogens is 301 g/mol. The summed E-state index contributed by atoms with van der Waals surface area (Å²) >= 11 is 0. The van der Waals surface area contributed by atoms with E-state index in [0.29, 0.717) is 18.4 Å². The molecule has 1 N–H and O–H groups in total. The van der Waals surface area contributed by atoms with E-state index in [9.17, 15) is 14.3 Å². The van der Waals surface area contributed by atoms with Gasteiger partial charge in [0, 0.05) is 10.8 Å². The number of nitrogens with zero attached hydrogens (tertiary/aromatic N) is 3. The van der Waals surface area contributed by atoms with Crippen molar-refractivity contribution in [1.82, 2.24) is 0 Å². The minimum absolute atomic E-state index is 0.00721. The number of rotatable bonds is 5. The first-order valence-corrected chi connectivity index (χ1v) is 7.60. The zero-order valence-corrected chi connectivity index (χ0v) is 13.1. The van der Waals surface area contributed by atoms with Crippen molar-refractivity contribution in [3.05, 3.63) is 46.1 Å². The van der Waals surface area contributed by atoms with E-state index in [0.717, 1.165) is 0 Å². The average molecular weight is 321 g/mol. The molecule has 0 saturated carbocycles. The number of carbonyl (C=O) groups is 1. The van der Waals surface area contributed by atoms with Gasteiger partial charge < -0.3 is 9.84 Å². The Balaban J connectivity index is 2.43. The second kappa shape index (κ2) is 7.44. The molecule has 1 aliphatic heterocycles. The monoisotopic (exact) mass is 321 g/mol. The van der Waals surface area contributed by atoms with Crippen LogP contribution in [0.5, 0.6) is 0 Å². The lowest BCUT2D eigenvalue weighted by atomic mass is 9.74. The standard InChI is InChI=1S/C16H20FN3O3/c1-9-7-12(8-10(2)23-9)14(15(16(21)22)19-20-18)11-3-5-13(17)6-4-11/h3-6,9-10,12,14-15H,7-8H2,1-2H3,(H,21,22)/t9-,10+,12?,14-,15-/m0/s1. The molecule has 1 fully saturated rings. The number of carboxylic acids is 1. The van der Waals surface area contributed by atoms with Crippen LogP contribution in [0.25, 0.3) is 10.4 Å². The van der Waals surface area contributed by atoms with E-state index in [1.165, 1.54) is 12.1 Å². The number of aliphatic carboxylic acids is 1. The SMILES string of the molecule is C[C@@H]1CC([C@H](c2ccc(F)cc2)[C@H](N=[N+]=[N-])C(=O)O)C[C@H](C)O1. The molecule has 5 atom stereocenters. The van der Waals surface area contributed by atoms with Gasteiger partial charge in [-0.2, -0.15) is 0 Å². The lowest BCUT2D eigenvalue weighted by molar-refractivity contribution is -0.140. The Kier molecular flexibility index (Phi) is 5.58. The van der Waals surface area contributed by atoms with Crippen LogP contribution >= 0.6 is 0 Å². The zero-order valence-electron chi connectivity index (χ0n) is 13.1. The van der Waals surface area contributed by atoms with Crippen LogP contribution in [0.15, 0.2) is 29.4 Å². The van der Waals surface area contributed by atoms with Crippen LogP contribution in [0.2, 0.25) is 0 Å². The van der Waals surface area contributed by atoms with Gasteiger partial charge in [0.05, 0.1) is 12.2 Å². The van der Waals surface area contributed by atoms with Crippen LogP contribution in [0.1, 0.15) is 38.2 Å². The fraction of sp³-hybridized carbons (Fsp3) is 0.562. The summed E-state index contributed by atoms with van der Waals surface area (Å²) in [5, 5.41) is 13.0. The van der Waals surface area contributed by atoms with E-state index < -0.39 is 23.7 Å². The van der Waals surface area contributed by atoms with Gasteiger partial charge in [0.15, 0.2) is 0 Å². The number of azide groups is 1. The van der Waals surface area contributed by atoms with Gasteiger partial charge in [0.1, 0.15) is 11.9 Å². The summed E-state index contributed by atoms with van der Waals surface area (Å²) in [5.74, 6) is -2.11. The first kappa shape index (κ1) is 17.2. The Morgan fingerprint density at radius 2 is 1.91 bits per heavy atom. The lowest BCUT2D eigenvalue weighted by Crippen LogP contribution is -2.38. The summed E-state index contributed by atoms with van der Waals surface area (Å²) in [6.07, 6.45) is 1.31. The first-order valence-electron chi connectivity index (χ1n) is 7.60. The second-order valence-corrected chi connectivity index (χ2v) is 6.05. The summed E-state index contributed by atoms with van der Waals surface area (Å²) in [6, 6.07) is 4.49. The fourth-order valence-corrected chi connectivity index (χ4v) is 3.48. The van der Waals surface area contributed by atoms with Crippen LogP contribution in [0.3, 0.4) is 0 Å². The van der Waals surface area contributed by atoms with Gasteiger partial charge in [0.25, 0.3) is 0 Å². The van der Waals surface area contributed by atoms with Crippen LogP contribution in [-0.2, 0) is 9.53 Å². The van der Waals surface area contributed by atoms with Crippen molar-refractivity contribution in [1.29, 1.82) is 0 Å². The largest absolute Gasteiger partial charge is 0.481 e. The summed E-state index contributed by atoms with van der Waals surface area (Å²) in [5.41, 5.74) is 9.40. The summed E-state index contributed by atoms with van der Waals surface area (Å²) in [6.45, 7) is 3.88. The quantitative estimate of drug-likeness (QED) is 0.506. The molecular formula is C16H20FN3O3. The highest BCUT2D eigenvalue weighted by atomic mass is 19.1. The zero-order chi connectivity index (χ0) is 17.0. The lowest BCUT2D eigenvalue weighted by Gasteiger charge is -2.38. The average Bonchev–Trinajstić information content (AvgIpc) is 2.47. The Morgan fingerprint density at radius 3 is 2.39 bits per heavy atom. The molecule has 23 heavy (non-hydrogen) atoms. The Labute approximate surface area is 133 Å². The smallest absolute Gasteiger partial charge is 0.313 e. The minimum atomic E-state index is -1.23. The number of benzene rings is 1. The molecule has 0 radical (unpaired) electrons. The van der Waals surface area contributed by atoms with Crippen molar-refractivity contribution in [2.75, 3.05) is 0 Å². The molecule has 7 heteroatoms. The maximum absolute atomic E-state index is 13.2. The molecule has 6 nitrogen and oxygen atoms in total.